The Morgan fingerprint density at radius 1 is 1.25 bits per heavy atom. The van der Waals surface area contributed by atoms with Crippen LogP contribution in [-0.4, -0.2) is 50.7 Å². The molecule has 5 heterocycles. The highest BCUT2D eigenvalue weighted by molar-refractivity contribution is 5.89. The predicted molar refractivity (Wildman–Crippen MR) is 120 cm³/mol. The zero-order chi connectivity index (χ0) is 21.9. The van der Waals surface area contributed by atoms with Gasteiger partial charge in [-0.2, -0.15) is 5.10 Å². The van der Waals surface area contributed by atoms with Crippen molar-refractivity contribution < 1.29 is 14.2 Å². The van der Waals surface area contributed by atoms with Gasteiger partial charge < -0.3 is 19.2 Å². The normalized spacial score (nSPS) is 20.3. The molecule has 1 aliphatic heterocycles. The summed E-state index contributed by atoms with van der Waals surface area (Å²) in [6.07, 6.45) is 6.37. The summed E-state index contributed by atoms with van der Waals surface area (Å²) >= 11 is 0. The Hall–Kier alpha value is -2.97. The standard InChI is InChI=1S/C24H27N5O3/c1-14(2)20-21(16-10-19(30-3)23-25-13-26-29(23)12-16)28-18-5-4-17(27-22(18)20)15-6-7-24(11-15)31-8-9-32-24/h4-5,10,12-15,28H,6-9,11H2,1-3H3. The lowest BCUT2D eigenvalue weighted by Crippen LogP contribution is -2.25. The third-order valence-electron chi connectivity index (χ3n) is 6.79. The number of methoxy groups -OCH3 is 1. The van der Waals surface area contributed by atoms with Crippen LogP contribution in [0.5, 0.6) is 5.75 Å². The van der Waals surface area contributed by atoms with Gasteiger partial charge in [-0.05, 0) is 30.5 Å². The van der Waals surface area contributed by atoms with Crippen molar-refractivity contribution in [3.05, 3.63) is 42.0 Å². The van der Waals surface area contributed by atoms with E-state index in [0.717, 1.165) is 47.2 Å². The minimum atomic E-state index is -0.394. The molecule has 1 saturated carbocycles. The van der Waals surface area contributed by atoms with Crippen LogP contribution in [0.3, 0.4) is 0 Å². The third kappa shape index (κ3) is 3.01. The summed E-state index contributed by atoms with van der Waals surface area (Å²) in [7, 11) is 1.66. The van der Waals surface area contributed by atoms with E-state index in [-0.39, 0.29) is 5.92 Å². The second-order valence-electron chi connectivity index (χ2n) is 9.07. The van der Waals surface area contributed by atoms with Crippen molar-refractivity contribution in [1.29, 1.82) is 0 Å². The van der Waals surface area contributed by atoms with Gasteiger partial charge in [-0.15, -0.1) is 0 Å². The number of aromatic amines is 1. The van der Waals surface area contributed by atoms with Crippen LogP contribution in [0.1, 0.15) is 56.2 Å². The second kappa shape index (κ2) is 7.28. The van der Waals surface area contributed by atoms with E-state index in [4.69, 9.17) is 19.2 Å². The number of nitrogens with one attached hydrogen (secondary N) is 1. The van der Waals surface area contributed by atoms with E-state index in [9.17, 15) is 0 Å². The maximum absolute atomic E-state index is 5.93. The van der Waals surface area contributed by atoms with Gasteiger partial charge in [0, 0.05) is 41.8 Å². The van der Waals surface area contributed by atoms with Crippen molar-refractivity contribution in [2.75, 3.05) is 20.3 Å². The molecule has 1 spiro atoms. The maximum Gasteiger partial charge on any atom is 0.197 e. The molecule has 8 nitrogen and oxygen atoms in total. The molecule has 1 aliphatic carbocycles. The average Bonchev–Trinajstić information content (AvgIpc) is 3.59. The van der Waals surface area contributed by atoms with Crippen LogP contribution in [-0.2, 0) is 9.47 Å². The van der Waals surface area contributed by atoms with Crippen LogP contribution in [0.4, 0.5) is 0 Å². The summed E-state index contributed by atoms with van der Waals surface area (Å²) in [4.78, 5) is 13.1. The molecule has 1 atom stereocenters. The first-order valence-corrected chi connectivity index (χ1v) is 11.2. The van der Waals surface area contributed by atoms with Crippen LogP contribution >= 0.6 is 0 Å². The van der Waals surface area contributed by atoms with Crippen LogP contribution in [0, 0.1) is 0 Å². The zero-order valence-electron chi connectivity index (χ0n) is 18.6. The number of aromatic nitrogens is 5. The van der Waals surface area contributed by atoms with E-state index in [1.807, 2.05) is 12.3 Å². The molecule has 0 aromatic carbocycles. The molecule has 4 aromatic heterocycles. The van der Waals surface area contributed by atoms with E-state index in [2.05, 4.69) is 41.0 Å². The number of nitrogens with zero attached hydrogens (tertiary/aromatic N) is 4. The Morgan fingerprint density at radius 3 is 2.88 bits per heavy atom. The van der Waals surface area contributed by atoms with Gasteiger partial charge in [-0.1, -0.05) is 13.8 Å². The van der Waals surface area contributed by atoms with Gasteiger partial charge in [0.2, 0.25) is 0 Å². The highest BCUT2D eigenvalue weighted by Gasteiger charge is 2.44. The first-order valence-electron chi connectivity index (χ1n) is 11.2. The second-order valence-corrected chi connectivity index (χ2v) is 9.07. The number of pyridine rings is 2. The van der Waals surface area contributed by atoms with Gasteiger partial charge in [0.1, 0.15) is 6.33 Å². The van der Waals surface area contributed by atoms with Gasteiger partial charge in [0.25, 0.3) is 0 Å². The average molecular weight is 434 g/mol. The van der Waals surface area contributed by atoms with Crippen molar-refractivity contribution >= 4 is 16.7 Å². The molecule has 6 rings (SSSR count). The summed E-state index contributed by atoms with van der Waals surface area (Å²) in [6, 6.07) is 6.31. The van der Waals surface area contributed by atoms with E-state index < -0.39 is 5.79 Å². The van der Waals surface area contributed by atoms with Crippen LogP contribution in [0.15, 0.2) is 30.7 Å². The summed E-state index contributed by atoms with van der Waals surface area (Å²) in [5.41, 5.74) is 7.11. The maximum atomic E-state index is 5.93. The monoisotopic (exact) mass is 433 g/mol. The molecule has 1 N–H and O–H groups in total. The Balaban J connectivity index is 1.45. The largest absolute Gasteiger partial charge is 0.493 e. The van der Waals surface area contributed by atoms with E-state index in [0.29, 0.717) is 30.5 Å². The lowest BCUT2D eigenvalue weighted by atomic mass is 9.97. The van der Waals surface area contributed by atoms with Crippen LogP contribution in [0.25, 0.3) is 27.9 Å². The molecule has 8 heteroatoms. The molecule has 32 heavy (non-hydrogen) atoms. The molecule has 0 amide bonds. The molecule has 4 aromatic rings. The van der Waals surface area contributed by atoms with Crippen molar-refractivity contribution in [2.45, 2.75) is 50.7 Å². The topological polar surface area (TPSA) is 86.6 Å². The number of fused-ring (bicyclic) bond motifs is 2. The molecular formula is C24H27N5O3. The van der Waals surface area contributed by atoms with Crippen molar-refractivity contribution in [3.63, 3.8) is 0 Å². The summed E-state index contributed by atoms with van der Waals surface area (Å²) in [6.45, 7) is 5.79. The predicted octanol–water partition coefficient (Wildman–Crippen LogP) is 4.42. The van der Waals surface area contributed by atoms with E-state index >= 15 is 0 Å². The molecular weight excluding hydrogens is 406 g/mol. The highest BCUT2D eigenvalue weighted by atomic mass is 16.7. The van der Waals surface area contributed by atoms with E-state index in [1.165, 1.54) is 11.9 Å². The Bertz CT molecular complexity index is 1300. The molecule has 0 bridgehead atoms. The molecule has 1 unspecified atom stereocenters. The summed E-state index contributed by atoms with van der Waals surface area (Å²) < 4.78 is 19.2. The van der Waals surface area contributed by atoms with E-state index in [1.54, 1.807) is 11.6 Å². The van der Waals surface area contributed by atoms with Crippen molar-refractivity contribution in [1.82, 2.24) is 24.6 Å². The fraction of sp³-hybridized carbons (Fsp3) is 0.458. The van der Waals surface area contributed by atoms with Gasteiger partial charge in [-0.3, -0.25) is 4.98 Å². The first-order chi connectivity index (χ1) is 15.6. The van der Waals surface area contributed by atoms with Crippen LogP contribution in [0.2, 0.25) is 0 Å². The highest BCUT2D eigenvalue weighted by Crippen LogP contribution is 2.46. The first kappa shape index (κ1) is 19.7. The molecule has 2 fully saturated rings. The third-order valence-corrected chi connectivity index (χ3v) is 6.79. The lowest BCUT2D eigenvalue weighted by Gasteiger charge is -2.21. The summed E-state index contributed by atoms with van der Waals surface area (Å²) in [5.74, 6) is 0.933. The molecule has 2 aliphatic rings. The Morgan fingerprint density at radius 2 is 2.09 bits per heavy atom. The fourth-order valence-corrected chi connectivity index (χ4v) is 5.29. The van der Waals surface area contributed by atoms with Crippen molar-refractivity contribution in [3.8, 4) is 17.0 Å². The number of ether oxygens (including phenoxy) is 3. The van der Waals surface area contributed by atoms with Gasteiger partial charge >= 0.3 is 0 Å². The van der Waals surface area contributed by atoms with Gasteiger partial charge in [0.15, 0.2) is 17.2 Å². The number of hydrogen-bond donors (Lipinski definition) is 1. The summed E-state index contributed by atoms with van der Waals surface area (Å²) in [5, 5.41) is 4.32. The van der Waals surface area contributed by atoms with Crippen LogP contribution < -0.4 is 4.74 Å². The molecule has 1 saturated heterocycles. The van der Waals surface area contributed by atoms with Gasteiger partial charge in [0.05, 0.1) is 37.1 Å². The number of hydrogen-bond acceptors (Lipinski definition) is 6. The number of H-pyrrole nitrogens is 1. The Labute approximate surface area is 185 Å². The SMILES string of the molecule is COc1cc(-c2[nH]c3ccc(C4CCC5(C4)OCCO5)nc3c2C(C)C)cn2ncnc12. The van der Waals surface area contributed by atoms with Crippen molar-refractivity contribution in [2.24, 2.45) is 0 Å². The van der Waals surface area contributed by atoms with Gasteiger partial charge in [-0.25, -0.2) is 9.50 Å². The minimum Gasteiger partial charge on any atom is -0.493 e. The molecule has 0 radical (unpaired) electrons. The minimum absolute atomic E-state index is 0.287. The Kier molecular flexibility index (Phi) is 4.48. The number of rotatable bonds is 4. The molecule has 166 valence electrons. The quantitative estimate of drug-likeness (QED) is 0.513. The zero-order valence-corrected chi connectivity index (χ0v) is 18.6. The lowest BCUT2D eigenvalue weighted by molar-refractivity contribution is -0.151. The smallest absolute Gasteiger partial charge is 0.197 e. The fourth-order valence-electron chi connectivity index (χ4n) is 5.29.